The second-order valence-electron chi connectivity index (χ2n) is 4.67. The highest BCUT2D eigenvalue weighted by Crippen LogP contribution is 2.19. The van der Waals surface area contributed by atoms with Crippen molar-refractivity contribution in [3.05, 3.63) is 36.2 Å². The van der Waals surface area contributed by atoms with Gasteiger partial charge >= 0.3 is 5.97 Å². The number of hydrogen-bond acceptors (Lipinski definition) is 5. The van der Waals surface area contributed by atoms with Crippen molar-refractivity contribution in [2.45, 2.75) is 26.5 Å². The molecular weight excluding hydrogens is 260 g/mol. The molecule has 1 aromatic heterocycles. The van der Waals surface area contributed by atoms with Crippen LogP contribution >= 0.6 is 0 Å². The van der Waals surface area contributed by atoms with Crippen LogP contribution in [0.25, 0.3) is 0 Å². The van der Waals surface area contributed by atoms with Crippen molar-refractivity contribution in [3.63, 3.8) is 0 Å². The number of para-hydroxylation sites is 1. The summed E-state index contributed by atoms with van der Waals surface area (Å²) in [6, 6.07) is 8.41. The van der Waals surface area contributed by atoms with E-state index in [1.54, 1.807) is 0 Å². The highest BCUT2D eigenvalue weighted by molar-refractivity contribution is 5.72. The number of hydrogen-bond donors (Lipinski definition) is 1. The van der Waals surface area contributed by atoms with Gasteiger partial charge in [-0.1, -0.05) is 32.0 Å². The number of tetrazole rings is 1. The third kappa shape index (κ3) is 3.11. The van der Waals surface area contributed by atoms with Gasteiger partial charge in [-0.25, -0.2) is 9.48 Å². The predicted octanol–water partition coefficient (Wildman–Crippen LogP) is 1.53. The standard InChI is InChI=1S/C13H16N4O3/c1-9(2)12(13(18)19)17-11(14-15-16-17)8-20-10-6-4-3-5-7-10/h3-7,9,12H,8H2,1-2H3,(H,18,19). The summed E-state index contributed by atoms with van der Waals surface area (Å²) < 4.78 is 6.85. The Morgan fingerprint density at radius 3 is 2.65 bits per heavy atom. The number of ether oxygens (including phenoxy) is 1. The number of carboxylic acid groups (broad SMARTS) is 1. The van der Waals surface area contributed by atoms with Crippen molar-refractivity contribution >= 4 is 5.97 Å². The summed E-state index contributed by atoms with van der Waals surface area (Å²) in [7, 11) is 0. The van der Waals surface area contributed by atoms with Crippen molar-refractivity contribution in [2.75, 3.05) is 0 Å². The topological polar surface area (TPSA) is 90.1 Å². The molecule has 1 aromatic carbocycles. The average molecular weight is 276 g/mol. The maximum Gasteiger partial charge on any atom is 0.328 e. The number of carbonyl (C=O) groups is 1. The van der Waals surface area contributed by atoms with Gasteiger partial charge in [-0.15, -0.1) is 5.10 Å². The molecule has 20 heavy (non-hydrogen) atoms. The molecule has 1 heterocycles. The molecule has 0 saturated heterocycles. The van der Waals surface area contributed by atoms with Gasteiger partial charge in [0.2, 0.25) is 0 Å². The second-order valence-corrected chi connectivity index (χ2v) is 4.67. The van der Waals surface area contributed by atoms with E-state index in [9.17, 15) is 9.90 Å². The Labute approximate surface area is 116 Å². The first kappa shape index (κ1) is 14.0. The number of carboxylic acids is 1. The summed E-state index contributed by atoms with van der Waals surface area (Å²) in [5.41, 5.74) is 0. The molecule has 0 fully saturated rings. The molecule has 2 rings (SSSR count). The summed E-state index contributed by atoms with van der Waals surface area (Å²) in [4.78, 5) is 11.3. The summed E-state index contributed by atoms with van der Waals surface area (Å²) in [5.74, 6) is -0.0341. The Hall–Kier alpha value is -2.44. The van der Waals surface area contributed by atoms with Crippen molar-refractivity contribution < 1.29 is 14.6 Å². The van der Waals surface area contributed by atoms with Crippen LogP contribution in [0.2, 0.25) is 0 Å². The highest BCUT2D eigenvalue weighted by Gasteiger charge is 2.27. The zero-order valence-corrected chi connectivity index (χ0v) is 11.3. The van der Waals surface area contributed by atoms with E-state index in [1.807, 2.05) is 44.2 Å². The maximum atomic E-state index is 11.3. The van der Waals surface area contributed by atoms with Crippen LogP contribution in [-0.2, 0) is 11.4 Å². The molecule has 0 amide bonds. The van der Waals surface area contributed by atoms with Gasteiger partial charge in [0.1, 0.15) is 12.4 Å². The molecule has 0 spiro atoms. The van der Waals surface area contributed by atoms with E-state index in [2.05, 4.69) is 15.5 Å². The summed E-state index contributed by atoms with van der Waals surface area (Å²) in [5, 5.41) is 20.4. The van der Waals surface area contributed by atoms with Crippen LogP contribution in [0.3, 0.4) is 0 Å². The van der Waals surface area contributed by atoms with Gasteiger partial charge in [-0.3, -0.25) is 0 Å². The molecule has 2 aromatic rings. The lowest BCUT2D eigenvalue weighted by Gasteiger charge is -2.17. The molecule has 0 aliphatic heterocycles. The zero-order valence-electron chi connectivity index (χ0n) is 11.3. The zero-order chi connectivity index (χ0) is 14.5. The fraction of sp³-hybridized carbons (Fsp3) is 0.385. The van der Waals surface area contributed by atoms with Gasteiger partial charge in [-0.2, -0.15) is 0 Å². The Bertz CT molecular complexity index is 568. The van der Waals surface area contributed by atoms with E-state index in [-0.39, 0.29) is 12.5 Å². The average Bonchev–Trinajstić information content (AvgIpc) is 2.85. The fourth-order valence-corrected chi connectivity index (χ4v) is 1.86. The molecule has 0 aliphatic carbocycles. The van der Waals surface area contributed by atoms with Crippen molar-refractivity contribution in [1.29, 1.82) is 0 Å². The largest absolute Gasteiger partial charge is 0.486 e. The number of aromatic nitrogens is 4. The van der Waals surface area contributed by atoms with Crippen LogP contribution in [0, 0.1) is 5.92 Å². The molecule has 0 saturated carbocycles. The van der Waals surface area contributed by atoms with Crippen LogP contribution in [0.4, 0.5) is 0 Å². The molecular formula is C13H16N4O3. The van der Waals surface area contributed by atoms with Crippen LogP contribution in [0.1, 0.15) is 25.7 Å². The Balaban J connectivity index is 2.14. The fourth-order valence-electron chi connectivity index (χ4n) is 1.86. The molecule has 1 atom stereocenters. The molecule has 1 unspecified atom stereocenters. The quantitative estimate of drug-likeness (QED) is 0.860. The molecule has 0 aliphatic rings. The minimum Gasteiger partial charge on any atom is -0.486 e. The van der Waals surface area contributed by atoms with Gasteiger partial charge < -0.3 is 9.84 Å². The Kier molecular flexibility index (Phi) is 4.29. The third-order valence-electron chi connectivity index (χ3n) is 2.82. The second kappa shape index (κ2) is 6.14. The van der Waals surface area contributed by atoms with Crippen molar-refractivity contribution in [1.82, 2.24) is 20.2 Å². The van der Waals surface area contributed by atoms with Crippen LogP contribution in [-0.4, -0.2) is 31.3 Å². The molecule has 7 nitrogen and oxygen atoms in total. The van der Waals surface area contributed by atoms with Gasteiger partial charge in [0.25, 0.3) is 0 Å². The third-order valence-corrected chi connectivity index (χ3v) is 2.82. The highest BCUT2D eigenvalue weighted by atomic mass is 16.5. The smallest absolute Gasteiger partial charge is 0.328 e. The minimum atomic E-state index is -0.965. The normalized spacial score (nSPS) is 12.3. The van der Waals surface area contributed by atoms with E-state index >= 15 is 0 Å². The molecule has 7 heteroatoms. The lowest BCUT2D eigenvalue weighted by atomic mass is 10.1. The number of nitrogens with zero attached hydrogens (tertiary/aromatic N) is 4. The van der Waals surface area contributed by atoms with E-state index in [4.69, 9.17) is 4.74 Å². The van der Waals surface area contributed by atoms with E-state index in [1.165, 1.54) is 4.68 Å². The van der Waals surface area contributed by atoms with Crippen LogP contribution in [0.5, 0.6) is 5.75 Å². The Morgan fingerprint density at radius 1 is 1.35 bits per heavy atom. The van der Waals surface area contributed by atoms with Gasteiger partial charge in [0.05, 0.1) is 0 Å². The first-order valence-electron chi connectivity index (χ1n) is 6.27. The maximum absolute atomic E-state index is 11.3. The summed E-state index contributed by atoms with van der Waals surface area (Å²) in [6.07, 6.45) is 0. The monoisotopic (exact) mass is 276 g/mol. The van der Waals surface area contributed by atoms with Crippen LogP contribution in [0.15, 0.2) is 30.3 Å². The number of benzene rings is 1. The predicted molar refractivity (Wildman–Crippen MR) is 70.1 cm³/mol. The molecule has 1 N–H and O–H groups in total. The first-order chi connectivity index (χ1) is 9.59. The number of aliphatic carboxylic acids is 1. The lowest BCUT2D eigenvalue weighted by Crippen LogP contribution is -2.27. The summed E-state index contributed by atoms with van der Waals surface area (Å²) >= 11 is 0. The minimum absolute atomic E-state index is 0.119. The van der Waals surface area contributed by atoms with E-state index in [0.29, 0.717) is 11.6 Å². The summed E-state index contributed by atoms with van der Waals surface area (Å²) in [6.45, 7) is 3.73. The first-order valence-corrected chi connectivity index (χ1v) is 6.27. The van der Waals surface area contributed by atoms with Crippen molar-refractivity contribution in [2.24, 2.45) is 5.92 Å². The molecule has 0 radical (unpaired) electrons. The van der Waals surface area contributed by atoms with Crippen LogP contribution < -0.4 is 4.74 Å². The van der Waals surface area contributed by atoms with E-state index < -0.39 is 12.0 Å². The lowest BCUT2D eigenvalue weighted by molar-refractivity contribution is -0.142. The molecule has 0 bridgehead atoms. The Morgan fingerprint density at radius 2 is 2.05 bits per heavy atom. The van der Waals surface area contributed by atoms with Crippen molar-refractivity contribution in [3.8, 4) is 5.75 Å². The molecule has 106 valence electrons. The van der Waals surface area contributed by atoms with Gasteiger partial charge in [0.15, 0.2) is 11.9 Å². The number of rotatable bonds is 6. The van der Waals surface area contributed by atoms with Gasteiger partial charge in [0, 0.05) is 0 Å². The SMILES string of the molecule is CC(C)C(C(=O)O)n1nnnc1COc1ccccc1. The van der Waals surface area contributed by atoms with Gasteiger partial charge in [-0.05, 0) is 28.5 Å². The van der Waals surface area contributed by atoms with E-state index in [0.717, 1.165) is 0 Å².